The van der Waals surface area contributed by atoms with Crippen molar-refractivity contribution in [3.8, 4) is 0 Å². The highest BCUT2D eigenvalue weighted by Crippen LogP contribution is 2.40. The number of halogens is 2. The maximum absolute atomic E-state index is 11.2. The van der Waals surface area contributed by atoms with Crippen molar-refractivity contribution in [2.24, 2.45) is 0 Å². The van der Waals surface area contributed by atoms with Gasteiger partial charge in [-0.3, -0.25) is 4.79 Å². The zero-order valence-electron chi connectivity index (χ0n) is 7.93. The molecule has 1 aromatic carbocycles. The zero-order valence-corrected chi connectivity index (χ0v) is 11.1. The molecule has 7 heteroatoms. The number of hydrogen-bond donors (Lipinski definition) is 0. The van der Waals surface area contributed by atoms with Gasteiger partial charge in [0.2, 0.25) is 5.91 Å². The third kappa shape index (κ3) is 1.97. The summed E-state index contributed by atoms with van der Waals surface area (Å²) in [6, 6.07) is 6.65. The predicted molar refractivity (Wildman–Crippen MR) is 63.1 cm³/mol. The molecule has 1 aliphatic heterocycles. The van der Waals surface area contributed by atoms with Gasteiger partial charge in [0, 0.05) is 15.2 Å². The van der Waals surface area contributed by atoms with E-state index in [9.17, 15) is 13.2 Å². The molecule has 1 amide bonds. The smallest absolute Gasteiger partial charge is 0.274 e. The lowest BCUT2D eigenvalue weighted by atomic mass is 9.97. The molecule has 0 spiro atoms. The molecule has 0 N–H and O–H groups in total. The monoisotopic (exact) mass is 323 g/mol. The van der Waals surface area contributed by atoms with Gasteiger partial charge in [-0.1, -0.05) is 34.1 Å². The molecule has 0 bridgehead atoms. The van der Waals surface area contributed by atoms with Crippen LogP contribution in [0.3, 0.4) is 0 Å². The number of carbonyl (C=O) groups is 1. The van der Waals surface area contributed by atoms with Gasteiger partial charge in [-0.15, -0.1) is 0 Å². The third-order valence-electron chi connectivity index (χ3n) is 2.40. The molecule has 0 saturated carbocycles. The topological polar surface area (TPSA) is 54.5 Å². The molecule has 86 valence electrons. The molecule has 1 aromatic rings. The molecule has 0 radical (unpaired) electrons. The van der Waals surface area contributed by atoms with Gasteiger partial charge in [-0.05, 0) is 11.6 Å². The van der Waals surface area contributed by atoms with E-state index in [-0.39, 0.29) is 6.42 Å². The first-order valence-electron chi connectivity index (χ1n) is 4.42. The van der Waals surface area contributed by atoms with E-state index in [1.165, 1.54) is 0 Å². The van der Waals surface area contributed by atoms with Crippen LogP contribution in [0.25, 0.3) is 0 Å². The van der Waals surface area contributed by atoms with E-state index in [1.807, 2.05) is 6.07 Å². The minimum absolute atomic E-state index is 0.161. The highest BCUT2D eigenvalue weighted by atomic mass is 79.9. The molecule has 16 heavy (non-hydrogen) atoms. The van der Waals surface area contributed by atoms with Crippen molar-refractivity contribution in [3.05, 3.63) is 34.3 Å². The Morgan fingerprint density at radius 1 is 1.38 bits per heavy atom. The van der Waals surface area contributed by atoms with Crippen LogP contribution >= 0.6 is 26.6 Å². The average molecular weight is 325 g/mol. The average Bonchev–Trinajstić information content (AvgIpc) is 2.12. The van der Waals surface area contributed by atoms with Crippen molar-refractivity contribution < 1.29 is 13.2 Å². The molecule has 4 nitrogen and oxygen atoms in total. The largest absolute Gasteiger partial charge is 0.324 e. The first-order chi connectivity index (χ1) is 7.41. The molecular formula is C9H7BrClNO3S. The Balaban J connectivity index is 2.38. The minimum atomic E-state index is -3.99. The Bertz CT molecular complexity index is 545. The van der Waals surface area contributed by atoms with Crippen LogP contribution in [0.4, 0.5) is 0 Å². The van der Waals surface area contributed by atoms with Crippen molar-refractivity contribution in [2.75, 3.05) is 0 Å². The SMILES string of the molecule is O=C1CC(c2ccccc2Br)N1S(=O)(=O)Cl. The molecule has 0 aromatic heterocycles. The number of hydrogen-bond acceptors (Lipinski definition) is 3. The Labute approximate surface area is 106 Å². The van der Waals surface area contributed by atoms with E-state index in [1.54, 1.807) is 18.2 Å². The van der Waals surface area contributed by atoms with Crippen LogP contribution in [0, 0.1) is 0 Å². The van der Waals surface area contributed by atoms with Crippen LogP contribution in [0.2, 0.25) is 0 Å². The first kappa shape index (κ1) is 11.9. The number of carbonyl (C=O) groups excluding carboxylic acids is 1. The van der Waals surface area contributed by atoms with Crippen molar-refractivity contribution in [1.29, 1.82) is 0 Å². The van der Waals surface area contributed by atoms with E-state index >= 15 is 0 Å². The molecule has 2 rings (SSSR count). The summed E-state index contributed by atoms with van der Waals surface area (Å²) in [5, 5.41) is 0. The van der Waals surface area contributed by atoms with E-state index in [4.69, 9.17) is 10.7 Å². The van der Waals surface area contributed by atoms with Crippen LogP contribution in [-0.2, 0) is 14.0 Å². The summed E-state index contributed by atoms with van der Waals surface area (Å²) < 4.78 is 23.8. The summed E-state index contributed by atoms with van der Waals surface area (Å²) in [6.45, 7) is 0. The lowest BCUT2D eigenvalue weighted by Gasteiger charge is -2.37. The van der Waals surface area contributed by atoms with Crippen molar-refractivity contribution in [2.45, 2.75) is 12.5 Å². The fraction of sp³-hybridized carbons (Fsp3) is 0.222. The van der Waals surface area contributed by atoms with E-state index in [2.05, 4.69) is 15.9 Å². The van der Waals surface area contributed by atoms with Gasteiger partial charge in [0.05, 0.1) is 12.5 Å². The summed E-state index contributed by atoms with van der Waals surface area (Å²) in [5.74, 6) is -0.476. The van der Waals surface area contributed by atoms with E-state index in [0.717, 1.165) is 10.0 Å². The molecule has 1 atom stereocenters. The van der Waals surface area contributed by atoms with E-state index in [0.29, 0.717) is 4.31 Å². The molecule has 1 heterocycles. The highest BCUT2D eigenvalue weighted by molar-refractivity contribution is 9.10. The van der Waals surface area contributed by atoms with Gasteiger partial charge in [0.1, 0.15) is 0 Å². The van der Waals surface area contributed by atoms with Crippen LogP contribution in [0.1, 0.15) is 18.0 Å². The minimum Gasteiger partial charge on any atom is -0.274 e. The standard InChI is InChI=1S/C9H7BrClNO3S/c10-7-4-2-1-3-6(7)8-5-9(13)12(8)16(11,14)15/h1-4,8H,5H2. The molecule has 1 unspecified atom stereocenters. The van der Waals surface area contributed by atoms with Gasteiger partial charge < -0.3 is 0 Å². The summed E-state index contributed by atoms with van der Waals surface area (Å²) >= 11 is 3.31. The highest BCUT2D eigenvalue weighted by Gasteiger charge is 2.45. The Morgan fingerprint density at radius 2 is 2.00 bits per heavy atom. The van der Waals surface area contributed by atoms with Crippen LogP contribution < -0.4 is 0 Å². The van der Waals surface area contributed by atoms with Gasteiger partial charge in [0.15, 0.2) is 0 Å². The molecule has 1 aliphatic rings. The Kier molecular flexibility index (Phi) is 2.98. The molecule has 1 fully saturated rings. The normalized spacial score (nSPS) is 20.8. The van der Waals surface area contributed by atoms with Crippen LogP contribution in [0.5, 0.6) is 0 Å². The second-order valence-corrected chi connectivity index (χ2v) is 6.61. The molecule has 0 aliphatic carbocycles. The van der Waals surface area contributed by atoms with Gasteiger partial charge in [-0.25, -0.2) is 4.31 Å². The summed E-state index contributed by atoms with van der Waals surface area (Å²) in [6.07, 6.45) is 0.161. The third-order valence-corrected chi connectivity index (χ3v) is 4.49. The summed E-state index contributed by atoms with van der Waals surface area (Å²) in [4.78, 5) is 11.2. The zero-order chi connectivity index (χ0) is 11.9. The Morgan fingerprint density at radius 3 is 2.50 bits per heavy atom. The van der Waals surface area contributed by atoms with Crippen molar-refractivity contribution in [1.82, 2.24) is 4.31 Å². The van der Waals surface area contributed by atoms with Crippen molar-refractivity contribution in [3.63, 3.8) is 0 Å². The number of nitrogens with zero attached hydrogens (tertiary/aromatic N) is 1. The number of rotatable bonds is 2. The lowest BCUT2D eigenvalue weighted by Crippen LogP contribution is -2.48. The number of amides is 1. The van der Waals surface area contributed by atoms with Crippen molar-refractivity contribution >= 4 is 41.8 Å². The van der Waals surface area contributed by atoms with Gasteiger partial charge >= 0.3 is 9.24 Å². The predicted octanol–water partition coefficient (Wildman–Crippen LogP) is 2.21. The lowest BCUT2D eigenvalue weighted by molar-refractivity contribution is -0.137. The van der Waals surface area contributed by atoms with Gasteiger partial charge in [0.25, 0.3) is 0 Å². The fourth-order valence-corrected chi connectivity index (χ4v) is 3.53. The molecular weight excluding hydrogens is 318 g/mol. The first-order valence-corrected chi connectivity index (χ1v) is 7.48. The number of β-lactam (4-membered cyclic amide) rings is 1. The summed E-state index contributed by atoms with van der Waals surface area (Å²) in [5.41, 5.74) is 0.742. The second kappa shape index (κ2) is 4.01. The van der Waals surface area contributed by atoms with Gasteiger partial charge in [-0.2, -0.15) is 8.42 Å². The Hall–Kier alpha value is -0.590. The quantitative estimate of drug-likeness (QED) is 0.619. The summed E-state index contributed by atoms with van der Waals surface area (Å²) in [7, 11) is 1.19. The second-order valence-electron chi connectivity index (χ2n) is 3.37. The maximum atomic E-state index is 11.2. The van der Waals surface area contributed by atoms with Crippen LogP contribution in [0.15, 0.2) is 28.7 Å². The fourth-order valence-electron chi connectivity index (χ4n) is 1.65. The van der Waals surface area contributed by atoms with Crippen LogP contribution in [-0.4, -0.2) is 18.6 Å². The maximum Gasteiger partial charge on any atom is 0.324 e. The molecule has 1 saturated heterocycles. The van der Waals surface area contributed by atoms with E-state index < -0.39 is 21.2 Å². The number of benzene rings is 1.